The second-order valence-corrected chi connectivity index (χ2v) is 5.21. The van der Waals surface area contributed by atoms with Crippen LogP contribution in [0.25, 0.3) is 0 Å². The summed E-state index contributed by atoms with van der Waals surface area (Å²) in [6.45, 7) is 0. The predicted octanol–water partition coefficient (Wildman–Crippen LogP) is 4.64. The third-order valence-electron chi connectivity index (χ3n) is 3.02. The lowest BCUT2D eigenvalue weighted by Gasteiger charge is -2.18. The average Bonchev–Trinajstić information content (AvgIpc) is 2.36. The summed E-state index contributed by atoms with van der Waals surface area (Å²) in [6.07, 6.45) is 0.542. The Kier molecular flexibility index (Phi) is 4.81. The van der Waals surface area contributed by atoms with E-state index in [1.54, 1.807) is 18.2 Å². The molecular formula is C15H14Cl2FN. The van der Waals surface area contributed by atoms with Gasteiger partial charge in [0.1, 0.15) is 5.82 Å². The fourth-order valence-electron chi connectivity index (χ4n) is 2.05. The van der Waals surface area contributed by atoms with E-state index in [-0.39, 0.29) is 11.9 Å². The number of hydrogen-bond donors (Lipinski definition) is 1. The van der Waals surface area contributed by atoms with Gasteiger partial charge in [-0.25, -0.2) is 4.39 Å². The van der Waals surface area contributed by atoms with Gasteiger partial charge in [-0.2, -0.15) is 0 Å². The second kappa shape index (κ2) is 6.38. The summed E-state index contributed by atoms with van der Waals surface area (Å²) < 4.78 is 13.7. The highest BCUT2D eigenvalue weighted by Crippen LogP contribution is 2.26. The standard InChI is InChI=1S/C15H14Cl2FN/c1-19-15(8-10-4-2-3-5-14(10)18)11-6-12(16)9-13(17)7-11/h2-7,9,15,19H,8H2,1H3. The van der Waals surface area contributed by atoms with Crippen LogP contribution in [0.5, 0.6) is 0 Å². The van der Waals surface area contributed by atoms with Gasteiger partial charge >= 0.3 is 0 Å². The molecule has 2 aromatic rings. The molecule has 0 amide bonds. The van der Waals surface area contributed by atoms with E-state index in [0.717, 1.165) is 5.56 Å². The zero-order valence-electron chi connectivity index (χ0n) is 10.5. The number of nitrogens with one attached hydrogen (secondary N) is 1. The third-order valence-corrected chi connectivity index (χ3v) is 3.45. The van der Waals surface area contributed by atoms with E-state index in [9.17, 15) is 4.39 Å². The van der Waals surface area contributed by atoms with E-state index in [4.69, 9.17) is 23.2 Å². The predicted molar refractivity (Wildman–Crippen MR) is 78.4 cm³/mol. The van der Waals surface area contributed by atoms with Crippen LogP contribution in [0.4, 0.5) is 4.39 Å². The van der Waals surface area contributed by atoms with Gasteiger partial charge in [0.05, 0.1) is 0 Å². The molecule has 19 heavy (non-hydrogen) atoms. The Morgan fingerprint density at radius 2 is 1.74 bits per heavy atom. The van der Waals surface area contributed by atoms with Gasteiger partial charge in [0, 0.05) is 16.1 Å². The molecular weight excluding hydrogens is 284 g/mol. The van der Waals surface area contributed by atoms with E-state index in [0.29, 0.717) is 22.0 Å². The molecule has 1 unspecified atom stereocenters. The third kappa shape index (κ3) is 3.69. The summed E-state index contributed by atoms with van der Waals surface area (Å²) in [4.78, 5) is 0. The zero-order chi connectivity index (χ0) is 13.8. The van der Waals surface area contributed by atoms with E-state index < -0.39 is 0 Å². The maximum Gasteiger partial charge on any atom is 0.126 e. The summed E-state index contributed by atoms with van der Waals surface area (Å²) >= 11 is 12.0. The van der Waals surface area contributed by atoms with Crippen LogP contribution >= 0.6 is 23.2 Å². The van der Waals surface area contributed by atoms with E-state index in [2.05, 4.69) is 5.32 Å². The molecule has 0 saturated heterocycles. The molecule has 0 fully saturated rings. The van der Waals surface area contributed by atoms with Crippen molar-refractivity contribution in [3.8, 4) is 0 Å². The molecule has 0 radical (unpaired) electrons. The largest absolute Gasteiger partial charge is 0.313 e. The highest BCUT2D eigenvalue weighted by atomic mass is 35.5. The van der Waals surface area contributed by atoms with Gasteiger partial charge < -0.3 is 5.32 Å². The normalized spacial score (nSPS) is 12.4. The fourth-order valence-corrected chi connectivity index (χ4v) is 2.59. The molecule has 1 nitrogen and oxygen atoms in total. The Morgan fingerprint density at radius 3 is 2.32 bits per heavy atom. The van der Waals surface area contributed by atoms with Crippen LogP contribution < -0.4 is 5.32 Å². The maximum absolute atomic E-state index is 13.7. The summed E-state index contributed by atoms with van der Waals surface area (Å²) in [6, 6.07) is 12.1. The Labute approximate surface area is 122 Å². The molecule has 0 spiro atoms. The van der Waals surface area contributed by atoms with E-state index >= 15 is 0 Å². The van der Waals surface area contributed by atoms with Crippen LogP contribution in [0, 0.1) is 5.82 Å². The number of hydrogen-bond acceptors (Lipinski definition) is 1. The van der Waals surface area contributed by atoms with Gasteiger partial charge in [-0.3, -0.25) is 0 Å². The molecule has 4 heteroatoms. The van der Waals surface area contributed by atoms with Crippen LogP contribution in [0.15, 0.2) is 42.5 Å². The van der Waals surface area contributed by atoms with Gasteiger partial charge in [-0.05, 0) is 48.9 Å². The van der Waals surface area contributed by atoms with Crippen molar-refractivity contribution in [2.24, 2.45) is 0 Å². The SMILES string of the molecule is CNC(Cc1ccccc1F)c1cc(Cl)cc(Cl)c1. The van der Waals surface area contributed by atoms with Gasteiger partial charge in [-0.1, -0.05) is 41.4 Å². The summed E-state index contributed by atoms with van der Waals surface area (Å²) in [7, 11) is 1.83. The molecule has 0 aliphatic rings. The molecule has 100 valence electrons. The number of rotatable bonds is 4. The molecule has 0 saturated carbocycles. The van der Waals surface area contributed by atoms with Crippen LogP contribution in [0.2, 0.25) is 10.0 Å². The van der Waals surface area contributed by atoms with Crippen LogP contribution in [0.1, 0.15) is 17.2 Å². The van der Waals surface area contributed by atoms with Gasteiger partial charge in [0.2, 0.25) is 0 Å². The smallest absolute Gasteiger partial charge is 0.126 e. The van der Waals surface area contributed by atoms with Crippen molar-refractivity contribution < 1.29 is 4.39 Å². The first-order chi connectivity index (χ1) is 9.10. The lowest BCUT2D eigenvalue weighted by molar-refractivity contribution is 0.554. The minimum atomic E-state index is -0.198. The highest BCUT2D eigenvalue weighted by molar-refractivity contribution is 6.34. The lowest BCUT2D eigenvalue weighted by atomic mass is 9.99. The van der Waals surface area contributed by atoms with Crippen molar-refractivity contribution in [2.45, 2.75) is 12.5 Å². The van der Waals surface area contributed by atoms with Crippen LogP contribution in [-0.4, -0.2) is 7.05 Å². The van der Waals surface area contributed by atoms with E-state index in [1.807, 2.05) is 25.2 Å². The van der Waals surface area contributed by atoms with Crippen molar-refractivity contribution in [3.05, 3.63) is 69.5 Å². The molecule has 0 heterocycles. The van der Waals surface area contributed by atoms with Crippen LogP contribution in [0.3, 0.4) is 0 Å². The summed E-state index contributed by atoms with van der Waals surface area (Å²) in [5, 5.41) is 4.32. The number of likely N-dealkylation sites (N-methyl/N-ethyl adjacent to an activating group) is 1. The Morgan fingerprint density at radius 1 is 1.11 bits per heavy atom. The first kappa shape index (κ1) is 14.3. The zero-order valence-corrected chi connectivity index (χ0v) is 12.0. The fraction of sp³-hybridized carbons (Fsp3) is 0.200. The minimum absolute atomic E-state index is 0.0342. The van der Waals surface area contributed by atoms with Gasteiger partial charge in [-0.15, -0.1) is 0 Å². The highest BCUT2D eigenvalue weighted by Gasteiger charge is 2.13. The van der Waals surface area contributed by atoms with Crippen molar-refractivity contribution in [1.29, 1.82) is 0 Å². The lowest BCUT2D eigenvalue weighted by Crippen LogP contribution is -2.19. The number of halogens is 3. The second-order valence-electron chi connectivity index (χ2n) is 4.34. The molecule has 0 aromatic heterocycles. The quantitative estimate of drug-likeness (QED) is 0.867. The molecule has 0 bridgehead atoms. The maximum atomic E-state index is 13.7. The monoisotopic (exact) mass is 297 g/mol. The first-order valence-corrected chi connectivity index (χ1v) is 6.72. The molecule has 1 N–H and O–H groups in total. The summed E-state index contributed by atoms with van der Waals surface area (Å²) in [5.41, 5.74) is 1.61. The van der Waals surface area contributed by atoms with Gasteiger partial charge in [0.25, 0.3) is 0 Å². The van der Waals surface area contributed by atoms with E-state index in [1.165, 1.54) is 6.07 Å². The van der Waals surface area contributed by atoms with Crippen molar-refractivity contribution in [2.75, 3.05) is 7.05 Å². The topological polar surface area (TPSA) is 12.0 Å². The van der Waals surface area contributed by atoms with Crippen molar-refractivity contribution in [3.63, 3.8) is 0 Å². The first-order valence-electron chi connectivity index (χ1n) is 5.97. The van der Waals surface area contributed by atoms with Crippen LogP contribution in [-0.2, 0) is 6.42 Å². The molecule has 2 aromatic carbocycles. The summed E-state index contributed by atoms with van der Waals surface area (Å²) in [5.74, 6) is -0.198. The van der Waals surface area contributed by atoms with Gasteiger partial charge in [0.15, 0.2) is 0 Å². The minimum Gasteiger partial charge on any atom is -0.313 e. The molecule has 1 atom stereocenters. The van der Waals surface area contributed by atoms with Crippen molar-refractivity contribution >= 4 is 23.2 Å². The van der Waals surface area contributed by atoms with Crippen molar-refractivity contribution in [1.82, 2.24) is 5.32 Å². The molecule has 2 rings (SSSR count). The molecule has 0 aliphatic carbocycles. The Hall–Kier alpha value is -1.09. The Bertz CT molecular complexity index is 552. The Balaban J connectivity index is 2.28. The molecule has 0 aliphatic heterocycles. The average molecular weight is 298 g/mol. The number of benzene rings is 2.